The number of ketones is 1. The normalized spacial score (nSPS) is 13.8. The second kappa shape index (κ2) is 8.05. The fraction of sp³-hybridized carbons (Fsp3) is 0.182. The van der Waals surface area contributed by atoms with Crippen molar-refractivity contribution in [1.29, 1.82) is 0 Å². The number of nitrogens with zero attached hydrogens (tertiary/aromatic N) is 2. The van der Waals surface area contributed by atoms with Crippen LogP contribution in [0.4, 0.5) is 5.69 Å². The predicted molar refractivity (Wildman–Crippen MR) is 112 cm³/mol. The molecule has 29 heavy (non-hydrogen) atoms. The number of benzene rings is 2. The number of fused-ring (bicyclic) bond motifs is 1. The van der Waals surface area contributed by atoms with Crippen LogP contribution in [0.1, 0.15) is 23.0 Å². The minimum atomic E-state index is -0.390. The molecule has 1 amide bonds. The summed E-state index contributed by atoms with van der Waals surface area (Å²) in [5.74, 6) is 0.270. The molecular weight excluding hydrogens is 386 g/mol. The number of aromatic nitrogens is 2. The van der Waals surface area contributed by atoms with E-state index in [4.69, 9.17) is 4.74 Å². The number of ether oxygens (including phenoxy) is 1. The Labute approximate surface area is 172 Å². The van der Waals surface area contributed by atoms with Crippen LogP contribution in [-0.2, 0) is 4.79 Å². The zero-order valence-electron chi connectivity index (χ0n) is 16.0. The number of carbonyl (C=O) groups is 2. The van der Waals surface area contributed by atoms with E-state index in [0.717, 1.165) is 17.0 Å². The largest absolute Gasteiger partial charge is 0.482 e. The van der Waals surface area contributed by atoms with Gasteiger partial charge in [0.1, 0.15) is 5.75 Å². The SMILES string of the molecule is Cc1cc(-c2ccccc2)nc(S[C@@H](C)C(=O)c2ccc3c(c2)NC(=O)CO3)n1. The highest BCUT2D eigenvalue weighted by Gasteiger charge is 2.22. The van der Waals surface area contributed by atoms with Crippen LogP contribution in [0, 0.1) is 6.92 Å². The number of carbonyl (C=O) groups excluding carboxylic acids is 2. The van der Waals surface area contributed by atoms with Crippen molar-refractivity contribution in [2.45, 2.75) is 24.3 Å². The van der Waals surface area contributed by atoms with Crippen molar-refractivity contribution < 1.29 is 14.3 Å². The maximum Gasteiger partial charge on any atom is 0.262 e. The van der Waals surface area contributed by atoms with Crippen LogP contribution < -0.4 is 10.1 Å². The lowest BCUT2D eigenvalue weighted by atomic mass is 10.1. The number of anilines is 1. The van der Waals surface area contributed by atoms with E-state index in [1.54, 1.807) is 18.2 Å². The van der Waals surface area contributed by atoms with Crippen LogP contribution in [0.3, 0.4) is 0 Å². The van der Waals surface area contributed by atoms with Gasteiger partial charge in [-0.25, -0.2) is 9.97 Å². The Hall–Kier alpha value is -3.19. The molecule has 0 unspecified atom stereocenters. The highest BCUT2D eigenvalue weighted by molar-refractivity contribution is 8.00. The number of nitrogens with one attached hydrogen (secondary N) is 1. The van der Waals surface area contributed by atoms with E-state index in [0.29, 0.717) is 22.2 Å². The molecule has 3 aromatic rings. The summed E-state index contributed by atoms with van der Waals surface area (Å²) in [5.41, 5.74) is 3.70. The molecule has 0 spiro atoms. The first-order chi connectivity index (χ1) is 14.0. The summed E-state index contributed by atoms with van der Waals surface area (Å²) in [7, 11) is 0. The van der Waals surface area contributed by atoms with Crippen molar-refractivity contribution in [2.75, 3.05) is 11.9 Å². The fourth-order valence-electron chi connectivity index (χ4n) is 3.03. The third-order valence-corrected chi connectivity index (χ3v) is 5.41. The zero-order valence-corrected chi connectivity index (χ0v) is 16.8. The summed E-state index contributed by atoms with van der Waals surface area (Å²) in [6, 6.07) is 16.9. The van der Waals surface area contributed by atoms with Crippen molar-refractivity contribution in [3.8, 4) is 17.0 Å². The zero-order chi connectivity index (χ0) is 20.4. The number of aryl methyl sites for hydroxylation is 1. The summed E-state index contributed by atoms with van der Waals surface area (Å²) in [4.78, 5) is 33.5. The predicted octanol–water partition coefficient (Wildman–Crippen LogP) is 4.15. The van der Waals surface area contributed by atoms with Crippen LogP contribution in [0.15, 0.2) is 59.8 Å². The van der Waals surface area contributed by atoms with Crippen molar-refractivity contribution >= 4 is 29.1 Å². The van der Waals surface area contributed by atoms with Crippen LogP contribution in [0.25, 0.3) is 11.3 Å². The van der Waals surface area contributed by atoms with Gasteiger partial charge in [-0.1, -0.05) is 42.1 Å². The molecule has 1 aliphatic rings. The molecule has 7 heteroatoms. The summed E-state index contributed by atoms with van der Waals surface area (Å²) >= 11 is 1.32. The molecule has 6 nitrogen and oxygen atoms in total. The molecule has 4 rings (SSSR count). The molecule has 2 heterocycles. The van der Waals surface area contributed by atoms with E-state index >= 15 is 0 Å². The van der Waals surface area contributed by atoms with E-state index in [9.17, 15) is 9.59 Å². The minimum Gasteiger partial charge on any atom is -0.482 e. The van der Waals surface area contributed by atoms with E-state index in [-0.39, 0.29) is 18.3 Å². The average Bonchev–Trinajstić information content (AvgIpc) is 2.72. The molecule has 0 radical (unpaired) electrons. The highest BCUT2D eigenvalue weighted by Crippen LogP contribution is 2.31. The Morgan fingerprint density at radius 3 is 2.72 bits per heavy atom. The standard InChI is InChI=1S/C22H19N3O3S/c1-13-10-17(15-6-4-3-5-7-15)25-22(23-13)29-14(2)21(27)16-8-9-19-18(11-16)24-20(26)12-28-19/h3-11,14H,12H2,1-2H3,(H,24,26)/t14-/m0/s1. The number of Topliss-reactive ketones (excluding diaryl/α,β-unsaturated/α-hetero) is 1. The molecule has 0 saturated heterocycles. The molecule has 0 bridgehead atoms. The molecular formula is C22H19N3O3S. The van der Waals surface area contributed by atoms with E-state index in [1.165, 1.54) is 11.8 Å². The lowest BCUT2D eigenvalue weighted by Crippen LogP contribution is -2.25. The van der Waals surface area contributed by atoms with Gasteiger partial charge < -0.3 is 10.1 Å². The van der Waals surface area contributed by atoms with Crippen molar-refractivity contribution in [1.82, 2.24) is 9.97 Å². The van der Waals surface area contributed by atoms with Gasteiger partial charge in [0.2, 0.25) is 0 Å². The van der Waals surface area contributed by atoms with E-state index in [1.807, 2.05) is 50.2 Å². The maximum absolute atomic E-state index is 12.9. The third kappa shape index (κ3) is 4.30. The Balaban J connectivity index is 1.54. The lowest BCUT2D eigenvalue weighted by Gasteiger charge is -2.19. The first-order valence-electron chi connectivity index (χ1n) is 9.18. The minimum absolute atomic E-state index is 0.0129. The third-order valence-electron chi connectivity index (χ3n) is 4.45. The smallest absolute Gasteiger partial charge is 0.262 e. The average molecular weight is 405 g/mol. The number of hydrogen-bond acceptors (Lipinski definition) is 6. The van der Waals surface area contributed by atoms with Gasteiger partial charge in [0.15, 0.2) is 17.5 Å². The molecule has 146 valence electrons. The topological polar surface area (TPSA) is 81.2 Å². The Kier molecular flexibility index (Phi) is 5.31. The van der Waals surface area contributed by atoms with Gasteiger partial charge in [0, 0.05) is 16.8 Å². The molecule has 1 aromatic heterocycles. The van der Waals surface area contributed by atoms with Crippen molar-refractivity contribution in [3.63, 3.8) is 0 Å². The van der Waals surface area contributed by atoms with Gasteiger partial charge in [-0.3, -0.25) is 9.59 Å². The molecule has 0 aliphatic carbocycles. The van der Waals surface area contributed by atoms with Gasteiger partial charge in [0.25, 0.3) is 5.91 Å². The summed E-state index contributed by atoms with van der Waals surface area (Å²) in [5, 5.41) is 2.89. The Morgan fingerprint density at radius 1 is 1.14 bits per heavy atom. The van der Waals surface area contributed by atoms with Crippen LogP contribution >= 0.6 is 11.8 Å². The first kappa shape index (κ1) is 19.1. The van der Waals surface area contributed by atoms with Gasteiger partial charge >= 0.3 is 0 Å². The van der Waals surface area contributed by atoms with E-state index < -0.39 is 5.25 Å². The maximum atomic E-state index is 12.9. The number of hydrogen-bond donors (Lipinski definition) is 1. The summed E-state index contributed by atoms with van der Waals surface area (Å²) in [6.45, 7) is 3.73. The van der Waals surface area contributed by atoms with Crippen LogP contribution in [0.5, 0.6) is 5.75 Å². The molecule has 1 aliphatic heterocycles. The van der Waals surface area contributed by atoms with Crippen LogP contribution in [-0.4, -0.2) is 33.5 Å². The lowest BCUT2D eigenvalue weighted by molar-refractivity contribution is -0.118. The molecule has 1 atom stereocenters. The highest BCUT2D eigenvalue weighted by atomic mass is 32.2. The molecule has 0 saturated carbocycles. The molecule has 0 fully saturated rings. The summed E-state index contributed by atoms with van der Waals surface area (Å²) < 4.78 is 5.35. The molecule has 1 N–H and O–H groups in total. The fourth-order valence-corrected chi connectivity index (χ4v) is 3.94. The second-order valence-electron chi connectivity index (χ2n) is 6.72. The van der Waals surface area contributed by atoms with Crippen molar-refractivity contribution in [3.05, 3.63) is 65.9 Å². The van der Waals surface area contributed by atoms with Crippen molar-refractivity contribution in [2.24, 2.45) is 0 Å². The van der Waals surface area contributed by atoms with E-state index in [2.05, 4.69) is 15.3 Å². The second-order valence-corrected chi connectivity index (χ2v) is 8.02. The number of amides is 1. The summed E-state index contributed by atoms with van der Waals surface area (Å²) in [6.07, 6.45) is 0. The van der Waals surface area contributed by atoms with Gasteiger partial charge in [-0.05, 0) is 38.1 Å². The quantitative estimate of drug-likeness (QED) is 0.390. The number of thioether (sulfide) groups is 1. The van der Waals surface area contributed by atoms with Gasteiger partial charge in [-0.2, -0.15) is 0 Å². The van der Waals surface area contributed by atoms with Gasteiger partial charge in [-0.15, -0.1) is 0 Å². The molecule has 2 aromatic carbocycles. The first-order valence-corrected chi connectivity index (χ1v) is 10.1. The van der Waals surface area contributed by atoms with Crippen LogP contribution in [0.2, 0.25) is 0 Å². The Bertz CT molecular complexity index is 1090. The Morgan fingerprint density at radius 2 is 1.93 bits per heavy atom. The number of rotatable bonds is 5. The van der Waals surface area contributed by atoms with Gasteiger partial charge in [0.05, 0.1) is 16.6 Å². The monoisotopic (exact) mass is 405 g/mol.